The molecule has 3 unspecified atom stereocenters. The van der Waals surface area contributed by atoms with E-state index in [1.54, 1.807) is 0 Å². The highest BCUT2D eigenvalue weighted by molar-refractivity contribution is 6.30. The summed E-state index contributed by atoms with van der Waals surface area (Å²) in [6, 6.07) is 8.82. The van der Waals surface area contributed by atoms with Crippen LogP contribution in [0.5, 0.6) is 0 Å². The summed E-state index contributed by atoms with van der Waals surface area (Å²) in [7, 11) is 0. The van der Waals surface area contributed by atoms with Crippen LogP contribution in [0.15, 0.2) is 24.3 Å². The number of nitrogens with one attached hydrogen (secondary N) is 1. The monoisotopic (exact) mass is 251 g/mol. The van der Waals surface area contributed by atoms with Gasteiger partial charge in [-0.3, -0.25) is 0 Å². The van der Waals surface area contributed by atoms with Gasteiger partial charge in [-0.1, -0.05) is 37.6 Å². The summed E-state index contributed by atoms with van der Waals surface area (Å²) in [6.07, 6.45) is 3.99. The van der Waals surface area contributed by atoms with E-state index in [1.807, 2.05) is 12.1 Å². The number of halogens is 1. The van der Waals surface area contributed by atoms with E-state index >= 15 is 0 Å². The van der Waals surface area contributed by atoms with Gasteiger partial charge in [0, 0.05) is 17.6 Å². The van der Waals surface area contributed by atoms with Gasteiger partial charge in [-0.2, -0.15) is 0 Å². The number of rotatable bonds is 3. The van der Waals surface area contributed by atoms with Crippen LogP contribution in [0.2, 0.25) is 5.02 Å². The quantitative estimate of drug-likeness (QED) is 0.847. The van der Waals surface area contributed by atoms with Gasteiger partial charge in [0.15, 0.2) is 0 Å². The second-order valence-electron chi connectivity index (χ2n) is 5.47. The summed E-state index contributed by atoms with van der Waals surface area (Å²) in [6.45, 7) is 5.71. The summed E-state index contributed by atoms with van der Waals surface area (Å²) < 4.78 is 0. The molecule has 3 atom stereocenters. The average Bonchev–Trinajstić information content (AvgIpc) is 2.33. The highest BCUT2D eigenvalue weighted by Crippen LogP contribution is 2.29. The molecule has 0 bridgehead atoms. The Morgan fingerprint density at radius 2 is 1.82 bits per heavy atom. The first kappa shape index (κ1) is 12.9. The summed E-state index contributed by atoms with van der Waals surface area (Å²) in [5.41, 5.74) is 1.32. The second kappa shape index (κ2) is 5.88. The Bertz CT molecular complexity index is 346. The molecule has 2 rings (SSSR count). The van der Waals surface area contributed by atoms with E-state index in [4.69, 9.17) is 11.6 Å². The number of hydrogen-bond acceptors (Lipinski definition) is 1. The molecule has 94 valence electrons. The zero-order valence-electron chi connectivity index (χ0n) is 10.7. The Morgan fingerprint density at radius 1 is 1.12 bits per heavy atom. The van der Waals surface area contributed by atoms with Gasteiger partial charge >= 0.3 is 0 Å². The lowest BCUT2D eigenvalue weighted by atomic mass is 9.79. The molecule has 0 radical (unpaired) electrons. The number of hydrogen-bond donors (Lipinski definition) is 1. The largest absolute Gasteiger partial charge is 0.310 e. The lowest BCUT2D eigenvalue weighted by molar-refractivity contribution is 0.225. The van der Waals surface area contributed by atoms with Gasteiger partial charge in [0.2, 0.25) is 0 Å². The predicted molar refractivity (Wildman–Crippen MR) is 74.3 cm³/mol. The summed E-state index contributed by atoms with van der Waals surface area (Å²) in [5.74, 6) is 1.75. The van der Waals surface area contributed by atoms with Crippen molar-refractivity contribution in [3.63, 3.8) is 0 Å². The molecule has 0 amide bonds. The smallest absolute Gasteiger partial charge is 0.0406 e. The van der Waals surface area contributed by atoms with Gasteiger partial charge in [0.1, 0.15) is 0 Å². The number of benzene rings is 1. The van der Waals surface area contributed by atoms with Crippen LogP contribution in [-0.4, -0.2) is 6.04 Å². The SMILES string of the molecule is CC1CCC(NCc2ccc(Cl)cc2)CC1C. The maximum absolute atomic E-state index is 5.88. The lowest BCUT2D eigenvalue weighted by Gasteiger charge is -2.32. The minimum atomic E-state index is 0.692. The van der Waals surface area contributed by atoms with Crippen LogP contribution in [0.1, 0.15) is 38.7 Å². The Kier molecular flexibility index (Phi) is 4.47. The maximum Gasteiger partial charge on any atom is 0.0406 e. The minimum Gasteiger partial charge on any atom is -0.310 e. The van der Waals surface area contributed by atoms with Crippen molar-refractivity contribution < 1.29 is 0 Å². The Hall–Kier alpha value is -0.530. The van der Waals surface area contributed by atoms with Crippen LogP contribution in [-0.2, 0) is 6.54 Å². The van der Waals surface area contributed by atoms with Crippen molar-refractivity contribution in [2.24, 2.45) is 11.8 Å². The topological polar surface area (TPSA) is 12.0 Å². The predicted octanol–water partition coefficient (Wildman–Crippen LogP) is 4.25. The van der Waals surface area contributed by atoms with Gasteiger partial charge < -0.3 is 5.32 Å². The van der Waals surface area contributed by atoms with Crippen LogP contribution < -0.4 is 5.32 Å². The average molecular weight is 252 g/mol. The Labute approximate surface area is 110 Å². The molecule has 1 N–H and O–H groups in total. The lowest BCUT2D eigenvalue weighted by Crippen LogP contribution is -2.35. The molecule has 0 heterocycles. The molecule has 0 saturated heterocycles. The molecule has 1 fully saturated rings. The fraction of sp³-hybridized carbons (Fsp3) is 0.600. The van der Waals surface area contributed by atoms with E-state index in [9.17, 15) is 0 Å². The maximum atomic E-state index is 5.88. The molecule has 2 heteroatoms. The van der Waals surface area contributed by atoms with Crippen molar-refractivity contribution in [3.8, 4) is 0 Å². The molecule has 1 aromatic carbocycles. The van der Waals surface area contributed by atoms with E-state index in [0.29, 0.717) is 6.04 Å². The molecule has 17 heavy (non-hydrogen) atoms. The van der Waals surface area contributed by atoms with Crippen molar-refractivity contribution in [1.82, 2.24) is 5.32 Å². The molecule has 1 aromatic rings. The van der Waals surface area contributed by atoms with Crippen LogP contribution >= 0.6 is 11.6 Å². The van der Waals surface area contributed by atoms with E-state index in [1.165, 1.54) is 24.8 Å². The van der Waals surface area contributed by atoms with Gasteiger partial charge in [0.25, 0.3) is 0 Å². The molecule has 0 aromatic heterocycles. The summed E-state index contributed by atoms with van der Waals surface area (Å²) in [4.78, 5) is 0. The standard InChI is InChI=1S/C15H22ClN/c1-11-3-8-15(9-12(11)2)17-10-13-4-6-14(16)7-5-13/h4-7,11-12,15,17H,3,8-10H2,1-2H3. The molecule has 1 saturated carbocycles. The molecular weight excluding hydrogens is 230 g/mol. The van der Waals surface area contributed by atoms with E-state index in [0.717, 1.165) is 23.4 Å². The molecule has 1 aliphatic carbocycles. The van der Waals surface area contributed by atoms with Gasteiger partial charge in [-0.25, -0.2) is 0 Å². The van der Waals surface area contributed by atoms with Crippen LogP contribution in [0.3, 0.4) is 0 Å². The fourth-order valence-electron chi connectivity index (χ4n) is 2.60. The van der Waals surface area contributed by atoms with Crippen LogP contribution in [0.4, 0.5) is 0 Å². The van der Waals surface area contributed by atoms with Gasteiger partial charge in [0.05, 0.1) is 0 Å². The zero-order valence-corrected chi connectivity index (χ0v) is 11.5. The Balaban J connectivity index is 1.80. The third kappa shape index (κ3) is 3.72. The first-order chi connectivity index (χ1) is 8.15. The second-order valence-corrected chi connectivity index (χ2v) is 5.91. The van der Waals surface area contributed by atoms with Crippen molar-refractivity contribution in [2.45, 2.75) is 45.7 Å². The zero-order chi connectivity index (χ0) is 12.3. The van der Waals surface area contributed by atoms with Gasteiger partial charge in [-0.05, 0) is 48.8 Å². The van der Waals surface area contributed by atoms with Crippen LogP contribution in [0.25, 0.3) is 0 Å². The third-order valence-electron chi connectivity index (χ3n) is 4.11. The van der Waals surface area contributed by atoms with Crippen molar-refractivity contribution in [2.75, 3.05) is 0 Å². The summed E-state index contributed by atoms with van der Waals surface area (Å²) >= 11 is 5.88. The molecular formula is C15H22ClN. The highest BCUT2D eigenvalue weighted by Gasteiger charge is 2.23. The van der Waals surface area contributed by atoms with Crippen LogP contribution in [0, 0.1) is 11.8 Å². The van der Waals surface area contributed by atoms with Gasteiger partial charge in [-0.15, -0.1) is 0 Å². The highest BCUT2D eigenvalue weighted by atomic mass is 35.5. The molecule has 1 nitrogen and oxygen atoms in total. The first-order valence-electron chi connectivity index (χ1n) is 6.63. The van der Waals surface area contributed by atoms with E-state index < -0.39 is 0 Å². The fourth-order valence-corrected chi connectivity index (χ4v) is 2.72. The van der Waals surface area contributed by atoms with E-state index in [2.05, 4.69) is 31.3 Å². The molecule has 1 aliphatic rings. The van der Waals surface area contributed by atoms with Crippen molar-refractivity contribution >= 4 is 11.6 Å². The first-order valence-corrected chi connectivity index (χ1v) is 7.01. The Morgan fingerprint density at radius 3 is 2.47 bits per heavy atom. The molecule has 0 spiro atoms. The normalized spacial score (nSPS) is 29.2. The van der Waals surface area contributed by atoms with Crippen molar-refractivity contribution in [3.05, 3.63) is 34.9 Å². The minimum absolute atomic E-state index is 0.692. The van der Waals surface area contributed by atoms with E-state index in [-0.39, 0.29) is 0 Å². The molecule has 0 aliphatic heterocycles. The third-order valence-corrected chi connectivity index (χ3v) is 4.36. The summed E-state index contributed by atoms with van der Waals surface area (Å²) in [5, 5.41) is 4.48. The van der Waals surface area contributed by atoms with Crippen molar-refractivity contribution in [1.29, 1.82) is 0 Å².